The van der Waals surface area contributed by atoms with Crippen LogP contribution in [-0.2, 0) is 0 Å². The summed E-state index contributed by atoms with van der Waals surface area (Å²) < 4.78 is 4.88. The van der Waals surface area contributed by atoms with E-state index >= 15 is 0 Å². The first-order chi connectivity index (χ1) is 30.7. The van der Waals surface area contributed by atoms with E-state index in [2.05, 4.69) is 252 Å². The molecule has 10 aromatic carbocycles. The molecule has 0 saturated heterocycles. The fraction of sp³-hybridized carbons (Fsp3) is 0. The average Bonchev–Trinajstić information content (AvgIpc) is 3.87. The molecule has 0 fully saturated rings. The molecule has 0 N–H and O–H groups in total. The molecule has 0 aliphatic heterocycles. The molecular formula is C60H40N2. The number of hydrogen-bond donors (Lipinski definition) is 0. The van der Waals surface area contributed by atoms with Crippen LogP contribution in [0.3, 0.4) is 0 Å². The van der Waals surface area contributed by atoms with Gasteiger partial charge in [-0.1, -0.05) is 176 Å². The van der Waals surface area contributed by atoms with Crippen molar-refractivity contribution < 1.29 is 0 Å². The molecule has 0 saturated carbocycles. The zero-order chi connectivity index (χ0) is 41.0. The fourth-order valence-corrected chi connectivity index (χ4v) is 9.51. The Labute approximate surface area is 360 Å². The number of hydrogen-bond acceptors (Lipinski definition) is 0. The molecule has 290 valence electrons. The summed E-state index contributed by atoms with van der Waals surface area (Å²) in [5.41, 5.74) is 19.0. The molecule has 0 unspecified atom stereocenters. The summed E-state index contributed by atoms with van der Waals surface area (Å²) in [6, 6.07) is 88.5. The molecule has 2 heteroatoms. The number of aromatic nitrogens is 2. The van der Waals surface area contributed by atoms with E-state index in [1.807, 2.05) is 0 Å². The molecule has 12 aromatic rings. The van der Waals surface area contributed by atoms with Gasteiger partial charge in [0.25, 0.3) is 0 Å². The fourth-order valence-electron chi connectivity index (χ4n) is 9.51. The van der Waals surface area contributed by atoms with Crippen LogP contribution in [0, 0.1) is 0 Å². The zero-order valence-corrected chi connectivity index (χ0v) is 34.0. The molecule has 0 radical (unpaired) electrons. The summed E-state index contributed by atoms with van der Waals surface area (Å²) >= 11 is 0. The number of rotatable bonds is 7. The predicted molar refractivity (Wildman–Crippen MR) is 262 cm³/mol. The Bertz CT molecular complexity index is 3540. The van der Waals surface area contributed by atoms with Crippen LogP contribution < -0.4 is 0 Å². The third-order valence-corrected chi connectivity index (χ3v) is 12.5. The SMILES string of the molecule is c1ccc(-c2cccc(-n3c4ccc(-c5ccc6c(c5)c5ccccc5n6-c5cc(-c6ccccc6)cc(-c6ccccc6)c5)cc4c4ccc(-c5ccccc5)cc43)c2)cc1. The largest absolute Gasteiger partial charge is 0.309 e. The van der Waals surface area contributed by atoms with Crippen LogP contribution in [0.5, 0.6) is 0 Å². The van der Waals surface area contributed by atoms with Crippen LogP contribution in [0.15, 0.2) is 243 Å². The maximum Gasteiger partial charge on any atom is 0.0547 e. The highest BCUT2D eigenvalue weighted by atomic mass is 15.0. The Morgan fingerprint density at radius 2 is 0.565 bits per heavy atom. The van der Waals surface area contributed by atoms with Gasteiger partial charge in [-0.25, -0.2) is 0 Å². The lowest BCUT2D eigenvalue weighted by Crippen LogP contribution is -1.96. The standard InChI is InChI=1S/C60H40N2/c1-5-16-41(17-6-1)45-24-15-25-51(35-45)61-58-32-29-47(39-56(58)54-31-28-48(40-60(54)61)42-18-7-2-8-19-42)46-30-33-59-55(38-46)53-26-13-14-27-57(53)62(59)52-36-49(43-20-9-3-10-21-43)34-50(37-52)44-22-11-4-12-23-44/h1-40H. The molecule has 0 atom stereocenters. The van der Waals surface area contributed by atoms with E-state index in [0.29, 0.717) is 0 Å². The Morgan fingerprint density at radius 3 is 1.13 bits per heavy atom. The van der Waals surface area contributed by atoms with Crippen molar-refractivity contribution in [3.63, 3.8) is 0 Å². The summed E-state index contributed by atoms with van der Waals surface area (Å²) in [5.74, 6) is 0. The third kappa shape index (κ3) is 6.12. The maximum absolute atomic E-state index is 2.44. The normalized spacial score (nSPS) is 11.5. The van der Waals surface area contributed by atoms with Gasteiger partial charge in [0.15, 0.2) is 0 Å². The van der Waals surface area contributed by atoms with Gasteiger partial charge in [0.2, 0.25) is 0 Å². The molecule has 62 heavy (non-hydrogen) atoms. The lowest BCUT2D eigenvalue weighted by molar-refractivity contribution is 1.18. The van der Waals surface area contributed by atoms with Crippen molar-refractivity contribution >= 4 is 43.6 Å². The minimum absolute atomic E-state index is 1.14. The minimum Gasteiger partial charge on any atom is -0.309 e. The Morgan fingerprint density at radius 1 is 0.177 bits per heavy atom. The lowest BCUT2D eigenvalue weighted by Gasteiger charge is -2.14. The molecule has 12 rings (SSSR count). The van der Waals surface area contributed by atoms with Crippen molar-refractivity contribution in [3.05, 3.63) is 243 Å². The second-order valence-corrected chi connectivity index (χ2v) is 16.2. The van der Waals surface area contributed by atoms with Gasteiger partial charge in [0.1, 0.15) is 0 Å². The molecule has 0 aliphatic rings. The number of fused-ring (bicyclic) bond motifs is 6. The molecule has 0 bridgehead atoms. The molecule has 2 heterocycles. The first kappa shape index (κ1) is 35.7. The third-order valence-electron chi connectivity index (χ3n) is 12.5. The first-order valence-electron chi connectivity index (χ1n) is 21.3. The van der Waals surface area contributed by atoms with E-state index in [1.54, 1.807) is 0 Å². The Balaban J connectivity index is 1.03. The highest BCUT2D eigenvalue weighted by Gasteiger charge is 2.18. The highest BCUT2D eigenvalue weighted by Crippen LogP contribution is 2.41. The van der Waals surface area contributed by atoms with Crippen molar-refractivity contribution in [1.82, 2.24) is 9.13 Å². The number of benzene rings is 10. The molecule has 0 aliphatic carbocycles. The second-order valence-electron chi connectivity index (χ2n) is 16.2. The van der Waals surface area contributed by atoms with Gasteiger partial charge < -0.3 is 9.13 Å². The van der Waals surface area contributed by atoms with Gasteiger partial charge in [-0.2, -0.15) is 0 Å². The van der Waals surface area contributed by atoms with E-state index in [9.17, 15) is 0 Å². The number of para-hydroxylation sites is 1. The van der Waals surface area contributed by atoms with Crippen LogP contribution in [0.2, 0.25) is 0 Å². The number of nitrogens with zero attached hydrogens (tertiary/aromatic N) is 2. The minimum atomic E-state index is 1.14. The predicted octanol–water partition coefficient (Wildman–Crippen LogP) is 16.2. The molecule has 2 aromatic heterocycles. The maximum atomic E-state index is 2.44. The van der Waals surface area contributed by atoms with Gasteiger partial charge in [-0.3, -0.25) is 0 Å². The van der Waals surface area contributed by atoms with E-state index in [4.69, 9.17) is 0 Å². The van der Waals surface area contributed by atoms with Crippen molar-refractivity contribution in [2.45, 2.75) is 0 Å². The quantitative estimate of drug-likeness (QED) is 0.152. The smallest absolute Gasteiger partial charge is 0.0547 e. The van der Waals surface area contributed by atoms with E-state index in [0.717, 1.165) is 11.4 Å². The Kier molecular flexibility index (Phi) is 8.53. The summed E-state index contributed by atoms with van der Waals surface area (Å²) in [7, 11) is 0. The molecule has 2 nitrogen and oxygen atoms in total. The molecular weight excluding hydrogens is 749 g/mol. The van der Waals surface area contributed by atoms with Gasteiger partial charge in [-0.15, -0.1) is 0 Å². The van der Waals surface area contributed by atoms with Crippen molar-refractivity contribution in [3.8, 4) is 67.0 Å². The van der Waals surface area contributed by atoms with Crippen molar-refractivity contribution in [2.24, 2.45) is 0 Å². The monoisotopic (exact) mass is 788 g/mol. The van der Waals surface area contributed by atoms with Crippen LogP contribution >= 0.6 is 0 Å². The van der Waals surface area contributed by atoms with Crippen LogP contribution in [0.1, 0.15) is 0 Å². The highest BCUT2D eigenvalue weighted by molar-refractivity contribution is 6.13. The summed E-state index contributed by atoms with van der Waals surface area (Å²) in [4.78, 5) is 0. The second kappa shape index (κ2) is 14.8. The van der Waals surface area contributed by atoms with E-state index in [-0.39, 0.29) is 0 Å². The summed E-state index contributed by atoms with van der Waals surface area (Å²) in [5, 5.41) is 4.94. The van der Waals surface area contributed by atoms with Gasteiger partial charge in [-0.05, 0) is 122 Å². The van der Waals surface area contributed by atoms with E-state index < -0.39 is 0 Å². The molecule has 0 amide bonds. The van der Waals surface area contributed by atoms with Crippen molar-refractivity contribution in [1.29, 1.82) is 0 Å². The average molecular weight is 789 g/mol. The van der Waals surface area contributed by atoms with Gasteiger partial charge >= 0.3 is 0 Å². The zero-order valence-electron chi connectivity index (χ0n) is 34.0. The molecule has 0 spiro atoms. The first-order valence-corrected chi connectivity index (χ1v) is 21.3. The van der Waals surface area contributed by atoms with E-state index in [1.165, 1.54) is 99.2 Å². The van der Waals surface area contributed by atoms with Crippen LogP contribution in [0.25, 0.3) is 111 Å². The van der Waals surface area contributed by atoms with Gasteiger partial charge in [0.05, 0.1) is 22.1 Å². The van der Waals surface area contributed by atoms with Crippen molar-refractivity contribution in [2.75, 3.05) is 0 Å². The van der Waals surface area contributed by atoms with Gasteiger partial charge in [0, 0.05) is 32.9 Å². The summed E-state index contributed by atoms with van der Waals surface area (Å²) in [6.07, 6.45) is 0. The van der Waals surface area contributed by atoms with Crippen LogP contribution in [0.4, 0.5) is 0 Å². The van der Waals surface area contributed by atoms with Crippen LogP contribution in [-0.4, -0.2) is 9.13 Å². The Hall–Kier alpha value is -8.20. The lowest BCUT2D eigenvalue weighted by atomic mass is 9.98. The summed E-state index contributed by atoms with van der Waals surface area (Å²) in [6.45, 7) is 0. The topological polar surface area (TPSA) is 9.86 Å².